The summed E-state index contributed by atoms with van der Waals surface area (Å²) in [7, 11) is 0. The number of carbonyl (C=O) groups is 4. The summed E-state index contributed by atoms with van der Waals surface area (Å²) in [5.74, 6) is -1.99. The van der Waals surface area contributed by atoms with Crippen LogP contribution >= 0.6 is 0 Å². The molecule has 0 heterocycles. The Hall–Kier alpha value is -3.14. The third-order valence-electron chi connectivity index (χ3n) is 6.65. The Morgan fingerprint density at radius 2 is 1.33 bits per heavy atom. The monoisotopic (exact) mass is 551 g/mol. The van der Waals surface area contributed by atoms with E-state index >= 15 is 0 Å². The van der Waals surface area contributed by atoms with Crippen molar-refractivity contribution in [2.75, 3.05) is 0 Å². The second-order valence-corrected chi connectivity index (χ2v) is 10.5. The summed E-state index contributed by atoms with van der Waals surface area (Å²) in [4.78, 5) is 49.1. The first kappa shape index (κ1) is 33.9. The number of hydrogen-bond donors (Lipinski definition) is 2. The summed E-state index contributed by atoms with van der Waals surface area (Å²) in [6.07, 6.45) is 0.0824. The number of hydrogen-bond acceptors (Lipinski definition) is 9. The number of rotatable bonds is 16. The Balaban J connectivity index is 3.18. The molecule has 0 aliphatic carbocycles. The Kier molecular flexibility index (Phi) is 14.0. The molecule has 10 nitrogen and oxygen atoms in total. The molecule has 0 aromatic heterocycles. The van der Waals surface area contributed by atoms with E-state index in [0.29, 0.717) is 12.0 Å². The largest absolute Gasteiger partial charge is 0.508 e. The van der Waals surface area contributed by atoms with Crippen molar-refractivity contribution in [1.82, 2.24) is 0 Å². The van der Waals surface area contributed by atoms with Crippen molar-refractivity contribution in [2.45, 2.75) is 111 Å². The minimum absolute atomic E-state index is 0.00692. The van der Waals surface area contributed by atoms with E-state index < -0.39 is 35.7 Å². The molecule has 0 saturated carbocycles. The van der Waals surface area contributed by atoms with Crippen LogP contribution in [0.25, 0.3) is 0 Å². The summed E-state index contributed by atoms with van der Waals surface area (Å²) in [5.41, 5.74) is 4.89. The number of esters is 2. The lowest BCUT2D eigenvalue weighted by molar-refractivity contribution is -0.145. The summed E-state index contributed by atoms with van der Waals surface area (Å²) >= 11 is 0. The van der Waals surface area contributed by atoms with Gasteiger partial charge in [0.2, 0.25) is 0 Å². The molecule has 39 heavy (non-hydrogen) atoms. The standard InChI is InChI=1S/C29H45NO9/c1-8-18(4)13-25(31)38-23-12-11-22(15-24(23)39-26(32)14-19(5)9-2)17-29(30,27(33)34)16-21(7)37-28(35)36-20(6)10-3/h11-12,15,18-21H,8-10,13-14,16-17,30H2,1-7H3,(H,33,34)/t18?,19?,20?,21-,29?/m0/s1. The fourth-order valence-electron chi connectivity index (χ4n) is 3.61. The topological polar surface area (TPSA) is 151 Å². The highest BCUT2D eigenvalue weighted by Gasteiger charge is 2.37. The molecule has 0 amide bonds. The number of carboxylic acid groups (broad SMARTS) is 1. The molecule has 10 heteroatoms. The third-order valence-corrected chi connectivity index (χ3v) is 6.65. The van der Waals surface area contributed by atoms with Crippen LogP contribution in [0.1, 0.15) is 92.6 Å². The molecule has 1 aromatic rings. The molecule has 0 radical (unpaired) electrons. The van der Waals surface area contributed by atoms with E-state index in [1.165, 1.54) is 19.1 Å². The average molecular weight is 552 g/mol. The van der Waals surface area contributed by atoms with Gasteiger partial charge in [0, 0.05) is 25.7 Å². The molecule has 220 valence electrons. The minimum atomic E-state index is -1.82. The van der Waals surface area contributed by atoms with Gasteiger partial charge < -0.3 is 29.8 Å². The second kappa shape index (κ2) is 16.1. The lowest BCUT2D eigenvalue weighted by Crippen LogP contribution is -2.52. The Bertz CT molecular complexity index is 980. The van der Waals surface area contributed by atoms with Gasteiger partial charge in [0.25, 0.3) is 0 Å². The van der Waals surface area contributed by atoms with E-state index in [-0.39, 0.29) is 55.1 Å². The van der Waals surface area contributed by atoms with Gasteiger partial charge in [0.1, 0.15) is 17.7 Å². The van der Waals surface area contributed by atoms with Crippen LogP contribution in [0.3, 0.4) is 0 Å². The number of carboxylic acids is 1. The predicted octanol–water partition coefficient (Wildman–Crippen LogP) is 5.42. The van der Waals surface area contributed by atoms with Gasteiger partial charge in [-0.25, -0.2) is 4.79 Å². The van der Waals surface area contributed by atoms with E-state index in [1.54, 1.807) is 13.0 Å². The highest BCUT2D eigenvalue weighted by molar-refractivity contribution is 5.79. The number of benzene rings is 1. The van der Waals surface area contributed by atoms with Crippen LogP contribution in [-0.4, -0.2) is 46.9 Å². The van der Waals surface area contributed by atoms with Crippen LogP contribution < -0.4 is 15.2 Å². The Morgan fingerprint density at radius 3 is 1.82 bits per heavy atom. The SMILES string of the molecule is CCC(C)CC(=O)Oc1ccc(CC(N)(C[C@H](C)OC(=O)OC(C)CC)C(=O)O)cc1OC(=O)CC(C)CC. The number of ether oxygens (including phenoxy) is 4. The lowest BCUT2D eigenvalue weighted by Gasteiger charge is -2.28. The van der Waals surface area contributed by atoms with Crippen molar-refractivity contribution in [3.63, 3.8) is 0 Å². The van der Waals surface area contributed by atoms with Gasteiger partial charge in [-0.05, 0) is 49.8 Å². The van der Waals surface area contributed by atoms with Crippen molar-refractivity contribution < 1.29 is 43.2 Å². The van der Waals surface area contributed by atoms with Crippen molar-refractivity contribution in [3.8, 4) is 11.5 Å². The molecular weight excluding hydrogens is 506 g/mol. The van der Waals surface area contributed by atoms with Crippen LogP contribution in [0.4, 0.5) is 4.79 Å². The van der Waals surface area contributed by atoms with Crippen LogP contribution in [0.5, 0.6) is 11.5 Å². The van der Waals surface area contributed by atoms with E-state index in [0.717, 1.165) is 12.8 Å². The first-order valence-corrected chi connectivity index (χ1v) is 13.7. The molecule has 5 atom stereocenters. The highest BCUT2D eigenvalue weighted by atomic mass is 16.7. The Morgan fingerprint density at radius 1 is 0.821 bits per heavy atom. The van der Waals surface area contributed by atoms with Crippen LogP contribution in [0.2, 0.25) is 0 Å². The quantitative estimate of drug-likeness (QED) is 0.201. The zero-order valence-corrected chi connectivity index (χ0v) is 24.3. The molecule has 0 bridgehead atoms. The number of aliphatic carboxylic acids is 1. The van der Waals surface area contributed by atoms with E-state index in [9.17, 15) is 24.3 Å². The predicted molar refractivity (Wildman–Crippen MR) is 146 cm³/mol. The molecule has 0 spiro atoms. The molecule has 1 aromatic carbocycles. The van der Waals surface area contributed by atoms with Gasteiger partial charge in [-0.1, -0.05) is 53.5 Å². The van der Waals surface area contributed by atoms with Gasteiger partial charge >= 0.3 is 24.1 Å². The summed E-state index contributed by atoms with van der Waals surface area (Å²) in [6, 6.07) is 4.47. The van der Waals surface area contributed by atoms with E-state index in [1.807, 2.05) is 34.6 Å². The fraction of sp³-hybridized carbons (Fsp3) is 0.655. The van der Waals surface area contributed by atoms with Crippen LogP contribution in [0.15, 0.2) is 18.2 Å². The molecule has 1 rings (SSSR count). The summed E-state index contributed by atoms with van der Waals surface area (Å²) < 4.78 is 21.3. The molecule has 0 aliphatic rings. The highest BCUT2D eigenvalue weighted by Crippen LogP contribution is 2.32. The number of nitrogens with two attached hydrogens (primary N) is 1. The maximum Gasteiger partial charge on any atom is 0.508 e. The van der Waals surface area contributed by atoms with Gasteiger partial charge in [0.05, 0.1) is 0 Å². The average Bonchev–Trinajstić information content (AvgIpc) is 2.84. The zero-order chi connectivity index (χ0) is 29.8. The molecule has 0 aliphatic heterocycles. The van der Waals surface area contributed by atoms with Gasteiger partial charge in [-0.2, -0.15) is 0 Å². The van der Waals surface area contributed by atoms with Crippen molar-refractivity contribution in [3.05, 3.63) is 23.8 Å². The van der Waals surface area contributed by atoms with Crippen molar-refractivity contribution >= 4 is 24.1 Å². The van der Waals surface area contributed by atoms with Crippen molar-refractivity contribution in [2.24, 2.45) is 17.6 Å². The summed E-state index contributed by atoms with van der Waals surface area (Å²) in [6.45, 7) is 12.9. The first-order chi connectivity index (χ1) is 18.2. The molecule has 4 unspecified atom stereocenters. The van der Waals surface area contributed by atoms with Gasteiger partial charge in [-0.15, -0.1) is 0 Å². The number of carbonyl (C=O) groups excluding carboxylic acids is 3. The van der Waals surface area contributed by atoms with Crippen LogP contribution in [-0.2, 0) is 30.3 Å². The zero-order valence-electron chi connectivity index (χ0n) is 24.3. The maximum atomic E-state index is 12.6. The van der Waals surface area contributed by atoms with Gasteiger partial charge in [-0.3, -0.25) is 14.4 Å². The van der Waals surface area contributed by atoms with E-state index in [4.69, 9.17) is 24.7 Å². The molecule has 0 saturated heterocycles. The molecule has 3 N–H and O–H groups in total. The lowest BCUT2D eigenvalue weighted by atomic mass is 9.86. The maximum absolute atomic E-state index is 12.6. The smallest absolute Gasteiger partial charge is 0.480 e. The van der Waals surface area contributed by atoms with Crippen LogP contribution in [0, 0.1) is 11.8 Å². The minimum Gasteiger partial charge on any atom is -0.480 e. The normalized spacial score (nSPS) is 15.7. The molecule has 0 fully saturated rings. The van der Waals surface area contributed by atoms with Crippen molar-refractivity contribution in [1.29, 1.82) is 0 Å². The summed E-state index contributed by atoms with van der Waals surface area (Å²) in [5, 5.41) is 9.93. The fourth-order valence-corrected chi connectivity index (χ4v) is 3.61. The second-order valence-electron chi connectivity index (χ2n) is 10.5. The van der Waals surface area contributed by atoms with E-state index in [2.05, 4.69) is 0 Å². The van der Waals surface area contributed by atoms with Gasteiger partial charge in [0.15, 0.2) is 11.5 Å². The molecular formula is C29H45NO9. The third kappa shape index (κ3) is 12.1. The first-order valence-electron chi connectivity index (χ1n) is 13.7. The Labute approximate surface area is 231 Å².